The van der Waals surface area contributed by atoms with Crippen molar-refractivity contribution in [3.63, 3.8) is 0 Å². The van der Waals surface area contributed by atoms with Gasteiger partial charge in [-0.25, -0.2) is 0 Å². The summed E-state index contributed by atoms with van der Waals surface area (Å²) < 4.78 is 0. The Labute approximate surface area is 99.6 Å². The highest BCUT2D eigenvalue weighted by Crippen LogP contribution is 2.16. The monoisotopic (exact) mass is 236 g/mol. The van der Waals surface area contributed by atoms with Crippen LogP contribution in [0.3, 0.4) is 0 Å². The molecule has 0 spiro atoms. The van der Waals surface area contributed by atoms with Crippen LogP contribution in [0.5, 0.6) is 0 Å². The van der Waals surface area contributed by atoms with Crippen LogP contribution in [0.4, 0.5) is 5.69 Å². The molecule has 2 rings (SSSR count). The number of hydrogen-bond donors (Lipinski definition) is 2. The zero-order chi connectivity index (χ0) is 12.3. The number of nitro groups is 1. The number of nitro benzene ring substituents is 1. The first kappa shape index (κ1) is 12.0. The second kappa shape index (κ2) is 5.25. The Kier molecular flexibility index (Phi) is 3.71. The molecular weight excluding hydrogens is 220 g/mol. The van der Waals surface area contributed by atoms with Gasteiger partial charge in [0.25, 0.3) is 5.69 Å². The molecule has 5 nitrogen and oxygen atoms in total. The molecule has 1 fully saturated rings. The molecule has 2 unspecified atom stereocenters. The van der Waals surface area contributed by atoms with E-state index in [1.807, 2.05) is 0 Å². The first-order valence-electron chi connectivity index (χ1n) is 5.81. The fourth-order valence-corrected chi connectivity index (χ4v) is 2.18. The summed E-state index contributed by atoms with van der Waals surface area (Å²) in [6.07, 6.45) is 2.21. The van der Waals surface area contributed by atoms with E-state index in [1.54, 1.807) is 12.1 Å². The van der Waals surface area contributed by atoms with Crippen LogP contribution in [0.15, 0.2) is 24.3 Å². The second-order valence-electron chi connectivity index (χ2n) is 4.40. The van der Waals surface area contributed by atoms with Crippen molar-refractivity contribution >= 4 is 5.69 Å². The predicted molar refractivity (Wildman–Crippen MR) is 63.8 cm³/mol. The van der Waals surface area contributed by atoms with Gasteiger partial charge in [0.1, 0.15) is 0 Å². The molecule has 1 aliphatic heterocycles. The molecule has 0 aromatic heterocycles. The minimum Gasteiger partial charge on any atom is -0.391 e. The molecule has 1 aliphatic rings. The number of aliphatic hydroxyl groups excluding tert-OH is 1. The maximum Gasteiger partial charge on any atom is 0.269 e. The predicted octanol–water partition coefficient (Wildman–Crippen LogP) is 1.25. The van der Waals surface area contributed by atoms with Crippen LogP contribution in [0.1, 0.15) is 18.4 Å². The molecule has 0 amide bonds. The summed E-state index contributed by atoms with van der Waals surface area (Å²) >= 11 is 0. The zero-order valence-corrected chi connectivity index (χ0v) is 9.50. The number of non-ortho nitro benzene ring substituents is 1. The lowest BCUT2D eigenvalue weighted by atomic mass is 10.0. The van der Waals surface area contributed by atoms with Gasteiger partial charge in [-0.05, 0) is 31.4 Å². The Morgan fingerprint density at radius 1 is 1.47 bits per heavy atom. The molecule has 0 bridgehead atoms. The van der Waals surface area contributed by atoms with E-state index >= 15 is 0 Å². The largest absolute Gasteiger partial charge is 0.391 e. The highest BCUT2D eigenvalue weighted by Gasteiger charge is 2.22. The van der Waals surface area contributed by atoms with Gasteiger partial charge in [0.15, 0.2) is 0 Å². The lowest BCUT2D eigenvalue weighted by Crippen LogP contribution is -2.36. The van der Waals surface area contributed by atoms with E-state index < -0.39 is 11.0 Å². The Bertz CT molecular complexity index is 385. The molecule has 0 radical (unpaired) electrons. The van der Waals surface area contributed by atoms with Gasteiger partial charge < -0.3 is 10.4 Å². The number of hydrogen-bond acceptors (Lipinski definition) is 4. The summed E-state index contributed by atoms with van der Waals surface area (Å²) in [5.74, 6) is 0. The summed E-state index contributed by atoms with van der Waals surface area (Å²) in [5.41, 5.74) is 1.01. The van der Waals surface area contributed by atoms with E-state index in [4.69, 9.17) is 0 Å². The van der Waals surface area contributed by atoms with Crippen LogP contribution < -0.4 is 5.32 Å². The molecule has 1 heterocycles. The van der Waals surface area contributed by atoms with E-state index in [1.165, 1.54) is 12.1 Å². The molecule has 1 saturated heterocycles. The van der Waals surface area contributed by atoms with Crippen LogP contribution in [-0.4, -0.2) is 28.7 Å². The van der Waals surface area contributed by atoms with Crippen LogP contribution in [0, 0.1) is 10.1 Å². The lowest BCUT2D eigenvalue weighted by molar-refractivity contribution is -0.384. The summed E-state index contributed by atoms with van der Waals surface area (Å²) in [6.45, 7) is 0.960. The number of nitrogens with one attached hydrogen (secondary N) is 1. The molecule has 0 aliphatic carbocycles. The van der Waals surface area contributed by atoms with E-state index in [9.17, 15) is 15.2 Å². The second-order valence-corrected chi connectivity index (χ2v) is 4.40. The first-order chi connectivity index (χ1) is 8.16. The Morgan fingerprint density at radius 2 is 2.18 bits per heavy atom. The third kappa shape index (κ3) is 3.01. The molecule has 1 aromatic rings. The highest BCUT2D eigenvalue weighted by atomic mass is 16.6. The molecule has 2 atom stereocenters. The van der Waals surface area contributed by atoms with Crippen molar-refractivity contribution in [2.24, 2.45) is 0 Å². The third-order valence-corrected chi connectivity index (χ3v) is 3.15. The molecule has 5 heteroatoms. The van der Waals surface area contributed by atoms with Gasteiger partial charge >= 0.3 is 0 Å². The molecule has 92 valence electrons. The molecule has 2 N–H and O–H groups in total. The summed E-state index contributed by atoms with van der Waals surface area (Å²) in [4.78, 5) is 10.1. The maximum absolute atomic E-state index is 10.5. The average molecular weight is 236 g/mol. The van der Waals surface area contributed by atoms with Crippen LogP contribution in [-0.2, 0) is 6.42 Å². The van der Waals surface area contributed by atoms with E-state index in [2.05, 4.69) is 5.32 Å². The standard InChI is InChI=1S/C12H16N2O3/c15-12(11-2-1-7-13-11)8-9-3-5-10(6-4-9)14(16)17/h3-6,11-13,15H,1-2,7-8H2. The third-order valence-electron chi connectivity index (χ3n) is 3.15. The zero-order valence-electron chi connectivity index (χ0n) is 9.50. The molecule has 17 heavy (non-hydrogen) atoms. The number of rotatable bonds is 4. The number of benzene rings is 1. The van der Waals surface area contributed by atoms with Crippen molar-refractivity contribution < 1.29 is 10.0 Å². The van der Waals surface area contributed by atoms with Gasteiger partial charge in [0.2, 0.25) is 0 Å². The minimum atomic E-state index is -0.418. The van der Waals surface area contributed by atoms with E-state index in [0.29, 0.717) is 6.42 Å². The van der Waals surface area contributed by atoms with Gasteiger partial charge in [-0.15, -0.1) is 0 Å². The average Bonchev–Trinajstić information content (AvgIpc) is 2.83. The van der Waals surface area contributed by atoms with Crippen molar-refractivity contribution in [1.82, 2.24) is 5.32 Å². The van der Waals surface area contributed by atoms with Crippen molar-refractivity contribution in [2.45, 2.75) is 31.4 Å². The van der Waals surface area contributed by atoms with E-state index in [0.717, 1.165) is 24.9 Å². The van der Waals surface area contributed by atoms with Crippen LogP contribution >= 0.6 is 0 Å². The lowest BCUT2D eigenvalue weighted by Gasteiger charge is -2.18. The highest BCUT2D eigenvalue weighted by molar-refractivity contribution is 5.33. The van der Waals surface area contributed by atoms with E-state index in [-0.39, 0.29) is 11.7 Å². The summed E-state index contributed by atoms with van der Waals surface area (Å²) in [5, 5.41) is 23.7. The topological polar surface area (TPSA) is 75.4 Å². The number of nitrogens with zero attached hydrogens (tertiary/aromatic N) is 1. The fraction of sp³-hybridized carbons (Fsp3) is 0.500. The van der Waals surface area contributed by atoms with Gasteiger partial charge in [0.05, 0.1) is 11.0 Å². The fourth-order valence-electron chi connectivity index (χ4n) is 2.18. The van der Waals surface area contributed by atoms with Crippen LogP contribution in [0.25, 0.3) is 0 Å². The SMILES string of the molecule is O=[N+]([O-])c1ccc(CC(O)C2CCCN2)cc1. The molecule has 0 saturated carbocycles. The Morgan fingerprint density at radius 3 is 2.71 bits per heavy atom. The van der Waals surface area contributed by atoms with Gasteiger partial charge in [0, 0.05) is 18.2 Å². The van der Waals surface area contributed by atoms with Crippen molar-refractivity contribution in [2.75, 3.05) is 6.54 Å². The van der Waals surface area contributed by atoms with Gasteiger partial charge in [-0.3, -0.25) is 10.1 Å². The quantitative estimate of drug-likeness (QED) is 0.609. The normalized spacial score (nSPS) is 21.4. The van der Waals surface area contributed by atoms with Crippen molar-refractivity contribution in [1.29, 1.82) is 0 Å². The molecular formula is C12H16N2O3. The van der Waals surface area contributed by atoms with Gasteiger partial charge in [-0.1, -0.05) is 12.1 Å². The Hall–Kier alpha value is -1.46. The van der Waals surface area contributed by atoms with Crippen LogP contribution in [0.2, 0.25) is 0 Å². The minimum absolute atomic E-state index is 0.0854. The van der Waals surface area contributed by atoms with Crippen molar-refractivity contribution in [3.05, 3.63) is 39.9 Å². The van der Waals surface area contributed by atoms with Crippen molar-refractivity contribution in [3.8, 4) is 0 Å². The summed E-state index contributed by atoms with van der Waals surface area (Å²) in [6, 6.07) is 6.52. The molecule has 1 aromatic carbocycles. The Balaban J connectivity index is 1.96. The van der Waals surface area contributed by atoms with Gasteiger partial charge in [-0.2, -0.15) is 0 Å². The number of aliphatic hydroxyl groups is 1. The first-order valence-corrected chi connectivity index (χ1v) is 5.81. The summed E-state index contributed by atoms with van der Waals surface area (Å²) in [7, 11) is 0. The maximum atomic E-state index is 10.5. The smallest absolute Gasteiger partial charge is 0.269 e.